The second-order valence-corrected chi connectivity index (χ2v) is 4.76. The third kappa shape index (κ3) is 2.64. The molecular weight excluding hydrogens is 184 g/mol. The van der Waals surface area contributed by atoms with Gasteiger partial charge in [-0.05, 0) is 37.7 Å². The summed E-state index contributed by atoms with van der Waals surface area (Å²) in [6.07, 6.45) is 13.7. The van der Waals surface area contributed by atoms with E-state index in [4.69, 9.17) is 4.74 Å². The van der Waals surface area contributed by atoms with Gasteiger partial charge in [-0.25, -0.2) is 0 Å². The van der Waals surface area contributed by atoms with Crippen LogP contribution in [-0.2, 0) is 4.74 Å². The van der Waals surface area contributed by atoms with Gasteiger partial charge < -0.3 is 4.74 Å². The van der Waals surface area contributed by atoms with E-state index < -0.39 is 0 Å². The molecule has 0 spiro atoms. The zero-order chi connectivity index (χ0) is 10.5. The zero-order valence-corrected chi connectivity index (χ0v) is 9.58. The van der Waals surface area contributed by atoms with Crippen LogP contribution in [0.4, 0.5) is 0 Å². The first-order valence-electron chi connectivity index (χ1n) is 6.37. The number of hydrogen-bond donors (Lipinski definition) is 0. The molecule has 1 aliphatic heterocycles. The van der Waals surface area contributed by atoms with Crippen LogP contribution < -0.4 is 0 Å². The summed E-state index contributed by atoms with van der Waals surface area (Å²) in [5.41, 5.74) is 0. The van der Waals surface area contributed by atoms with Crippen molar-refractivity contribution in [3.05, 3.63) is 24.5 Å². The first-order chi connectivity index (χ1) is 7.42. The standard InChI is InChI=1S/C14H22O/c1-2-13(12-8-4-3-5-9-12)14-10-6-7-11-15-14/h2,10,12-13H,1,3-9,11H2/t13-/m1/s1. The summed E-state index contributed by atoms with van der Waals surface area (Å²) in [6, 6.07) is 0. The predicted octanol–water partition coefficient (Wildman–Crippen LogP) is 4.06. The molecule has 0 N–H and O–H groups in total. The van der Waals surface area contributed by atoms with E-state index in [1.807, 2.05) is 0 Å². The molecule has 0 aromatic heterocycles. The minimum absolute atomic E-state index is 0.491. The van der Waals surface area contributed by atoms with Crippen LogP contribution in [0.25, 0.3) is 0 Å². The quantitative estimate of drug-likeness (QED) is 0.633. The molecule has 1 aliphatic carbocycles. The van der Waals surface area contributed by atoms with Gasteiger partial charge >= 0.3 is 0 Å². The van der Waals surface area contributed by atoms with Gasteiger partial charge in [0.1, 0.15) is 0 Å². The molecule has 2 rings (SSSR count). The van der Waals surface area contributed by atoms with Crippen molar-refractivity contribution >= 4 is 0 Å². The van der Waals surface area contributed by atoms with Crippen LogP contribution in [0.5, 0.6) is 0 Å². The minimum atomic E-state index is 0.491. The molecule has 0 radical (unpaired) electrons. The smallest absolute Gasteiger partial charge is 0.0991 e. The van der Waals surface area contributed by atoms with Crippen molar-refractivity contribution in [3.8, 4) is 0 Å². The maximum atomic E-state index is 5.77. The first-order valence-corrected chi connectivity index (χ1v) is 6.37. The van der Waals surface area contributed by atoms with Crippen molar-refractivity contribution in [2.45, 2.75) is 44.9 Å². The highest BCUT2D eigenvalue weighted by Crippen LogP contribution is 2.35. The van der Waals surface area contributed by atoms with Crippen molar-refractivity contribution in [1.29, 1.82) is 0 Å². The molecular formula is C14H22O. The Morgan fingerprint density at radius 3 is 2.67 bits per heavy atom. The summed E-state index contributed by atoms with van der Waals surface area (Å²) < 4.78 is 5.77. The van der Waals surface area contributed by atoms with Crippen LogP contribution in [-0.4, -0.2) is 6.61 Å². The Morgan fingerprint density at radius 2 is 2.07 bits per heavy atom. The van der Waals surface area contributed by atoms with E-state index in [0.29, 0.717) is 5.92 Å². The van der Waals surface area contributed by atoms with Gasteiger partial charge in [0.2, 0.25) is 0 Å². The Kier molecular flexibility index (Phi) is 3.87. The third-order valence-electron chi connectivity index (χ3n) is 3.70. The maximum absolute atomic E-state index is 5.77. The number of allylic oxidation sites excluding steroid dienone is 2. The van der Waals surface area contributed by atoms with Crippen LogP contribution in [0.15, 0.2) is 24.5 Å². The molecule has 1 heterocycles. The summed E-state index contributed by atoms with van der Waals surface area (Å²) in [6.45, 7) is 4.90. The van der Waals surface area contributed by atoms with E-state index in [-0.39, 0.29) is 0 Å². The van der Waals surface area contributed by atoms with Gasteiger partial charge in [-0.15, -0.1) is 6.58 Å². The number of ether oxygens (including phenoxy) is 1. The van der Waals surface area contributed by atoms with Gasteiger partial charge in [-0.1, -0.05) is 25.3 Å². The molecule has 15 heavy (non-hydrogen) atoms. The summed E-state index contributed by atoms with van der Waals surface area (Å²) in [7, 11) is 0. The van der Waals surface area contributed by atoms with Gasteiger partial charge in [-0.2, -0.15) is 0 Å². The fraction of sp³-hybridized carbons (Fsp3) is 0.714. The lowest BCUT2D eigenvalue weighted by molar-refractivity contribution is 0.142. The monoisotopic (exact) mass is 206 g/mol. The van der Waals surface area contributed by atoms with Gasteiger partial charge in [-0.3, -0.25) is 0 Å². The Morgan fingerprint density at radius 1 is 1.27 bits per heavy atom. The lowest BCUT2D eigenvalue weighted by Crippen LogP contribution is -2.21. The second kappa shape index (κ2) is 5.39. The third-order valence-corrected chi connectivity index (χ3v) is 3.70. The molecule has 1 atom stereocenters. The molecule has 1 heteroatoms. The fourth-order valence-electron chi connectivity index (χ4n) is 2.84. The SMILES string of the molecule is C=C[C@@H](C1=CCCCO1)C1CCCCC1. The predicted molar refractivity (Wildman–Crippen MR) is 63.5 cm³/mol. The highest BCUT2D eigenvalue weighted by molar-refractivity contribution is 5.09. The topological polar surface area (TPSA) is 9.23 Å². The lowest BCUT2D eigenvalue weighted by atomic mass is 9.78. The van der Waals surface area contributed by atoms with Crippen molar-refractivity contribution < 1.29 is 4.74 Å². The Balaban J connectivity index is 2.01. The molecule has 0 bridgehead atoms. The summed E-state index contributed by atoms with van der Waals surface area (Å²) >= 11 is 0. The Hall–Kier alpha value is -0.720. The maximum Gasteiger partial charge on any atom is 0.0991 e. The Bertz CT molecular complexity index is 236. The van der Waals surface area contributed by atoms with E-state index in [1.54, 1.807) is 0 Å². The van der Waals surface area contributed by atoms with Crippen molar-refractivity contribution in [1.82, 2.24) is 0 Å². The van der Waals surface area contributed by atoms with Crippen LogP contribution in [0.1, 0.15) is 44.9 Å². The minimum Gasteiger partial charge on any atom is -0.498 e. The molecule has 84 valence electrons. The first kappa shape index (κ1) is 10.8. The van der Waals surface area contributed by atoms with Crippen LogP contribution in [0.3, 0.4) is 0 Å². The molecule has 0 aromatic rings. The van der Waals surface area contributed by atoms with Crippen molar-refractivity contribution in [3.63, 3.8) is 0 Å². The van der Waals surface area contributed by atoms with Crippen molar-refractivity contribution in [2.24, 2.45) is 11.8 Å². The van der Waals surface area contributed by atoms with E-state index >= 15 is 0 Å². The van der Waals surface area contributed by atoms with E-state index in [0.717, 1.165) is 12.5 Å². The van der Waals surface area contributed by atoms with Gasteiger partial charge in [0.05, 0.1) is 12.4 Å². The fourth-order valence-corrected chi connectivity index (χ4v) is 2.84. The molecule has 0 saturated heterocycles. The van der Waals surface area contributed by atoms with Gasteiger partial charge in [0.25, 0.3) is 0 Å². The molecule has 0 unspecified atom stereocenters. The van der Waals surface area contributed by atoms with Gasteiger partial charge in [0, 0.05) is 5.92 Å². The number of rotatable bonds is 3. The van der Waals surface area contributed by atoms with Crippen LogP contribution in [0.2, 0.25) is 0 Å². The average Bonchev–Trinajstić information content (AvgIpc) is 2.33. The second-order valence-electron chi connectivity index (χ2n) is 4.76. The van der Waals surface area contributed by atoms with Crippen LogP contribution >= 0.6 is 0 Å². The number of hydrogen-bond acceptors (Lipinski definition) is 1. The van der Waals surface area contributed by atoms with E-state index in [9.17, 15) is 0 Å². The molecule has 2 aliphatic rings. The molecule has 1 nitrogen and oxygen atoms in total. The summed E-state index contributed by atoms with van der Waals surface area (Å²) in [4.78, 5) is 0. The van der Waals surface area contributed by atoms with E-state index in [2.05, 4.69) is 18.7 Å². The molecule has 1 fully saturated rings. The molecule has 1 saturated carbocycles. The van der Waals surface area contributed by atoms with Crippen molar-refractivity contribution in [2.75, 3.05) is 6.61 Å². The molecule has 0 amide bonds. The average molecular weight is 206 g/mol. The lowest BCUT2D eigenvalue weighted by Gasteiger charge is -2.31. The van der Waals surface area contributed by atoms with Gasteiger partial charge in [0.15, 0.2) is 0 Å². The molecule has 0 aromatic carbocycles. The summed E-state index contributed by atoms with van der Waals surface area (Å²) in [5, 5.41) is 0. The van der Waals surface area contributed by atoms with Crippen LogP contribution in [0, 0.1) is 11.8 Å². The normalized spacial score (nSPS) is 25.2. The highest BCUT2D eigenvalue weighted by atomic mass is 16.5. The van der Waals surface area contributed by atoms with E-state index in [1.165, 1.54) is 50.7 Å². The zero-order valence-electron chi connectivity index (χ0n) is 9.58. The summed E-state index contributed by atoms with van der Waals surface area (Å²) in [5.74, 6) is 2.49. The highest BCUT2D eigenvalue weighted by Gasteiger charge is 2.25. The largest absolute Gasteiger partial charge is 0.498 e. The Labute approximate surface area is 93.2 Å².